The second kappa shape index (κ2) is 4.96. The number of hydrogen-bond acceptors (Lipinski definition) is 6. The van der Waals surface area contributed by atoms with Crippen molar-refractivity contribution in [2.75, 3.05) is 0 Å². The highest BCUT2D eigenvalue weighted by molar-refractivity contribution is 5.84. The summed E-state index contributed by atoms with van der Waals surface area (Å²) in [7, 11) is 0. The van der Waals surface area contributed by atoms with E-state index in [2.05, 4.69) is 15.1 Å². The van der Waals surface area contributed by atoms with E-state index in [4.69, 9.17) is 14.0 Å². The summed E-state index contributed by atoms with van der Waals surface area (Å²) in [6.45, 7) is 0. The number of carbonyl (C=O) groups is 1. The van der Waals surface area contributed by atoms with E-state index in [1.54, 1.807) is 18.5 Å². The number of oxazole rings is 1. The molecule has 3 aromatic rings. The largest absolute Gasteiger partial charge is 0.476 e. The van der Waals surface area contributed by atoms with Crippen molar-refractivity contribution in [1.82, 2.24) is 15.1 Å². The van der Waals surface area contributed by atoms with E-state index in [9.17, 15) is 4.79 Å². The van der Waals surface area contributed by atoms with Crippen molar-refractivity contribution in [3.8, 4) is 11.3 Å². The van der Waals surface area contributed by atoms with Crippen LogP contribution in [0.15, 0.2) is 45.8 Å². The van der Waals surface area contributed by atoms with Gasteiger partial charge in [-0.3, -0.25) is 4.98 Å². The number of carboxylic acid groups (broad SMARTS) is 1. The Bertz CT molecular complexity index is 733. The number of carboxylic acids is 1. The van der Waals surface area contributed by atoms with Gasteiger partial charge in [-0.1, -0.05) is 5.16 Å². The minimum absolute atomic E-state index is 0.131. The summed E-state index contributed by atoms with van der Waals surface area (Å²) in [6.07, 6.45) is 4.66. The monoisotopic (exact) mass is 271 g/mol. The molecule has 3 rings (SSSR count). The summed E-state index contributed by atoms with van der Waals surface area (Å²) < 4.78 is 10.2. The van der Waals surface area contributed by atoms with Crippen LogP contribution < -0.4 is 0 Å². The lowest BCUT2D eigenvalue weighted by Gasteiger charge is -1.91. The second-order valence-corrected chi connectivity index (χ2v) is 4.02. The molecule has 0 atom stereocenters. The molecule has 3 heterocycles. The molecule has 0 aliphatic rings. The molecule has 7 nitrogen and oxygen atoms in total. The summed E-state index contributed by atoms with van der Waals surface area (Å²) in [6, 6.07) is 5.38. The first-order chi connectivity index (χ1) is 9.72. The molecular formula is C13H9N3O4. The zero-order valence-corrected chi connectivity index (χ0v) is 10.2. The Morgan fingerprint density at radius 2 is 2.10 bits per heavy atom. The molecule has 0 saturated heterocycles. The van der Waals surface area contributed by atoms with Gasteiger partial charge in [0.05, 0.1) is 6.42 Å². The number of nitrogens with zero attached hydrogens (tertiary/aromatic N) is 3. The lowest BCUT2D eigenvalue weighted by atomic mass is 10.2. The topological polar surface area (TPSA) is 102 Å². The van der Waals surface area contributed by atoms with Gasteiger partial charge in [-0.05, 0) is 12.1 Å². The number of aromatic nitrogens is 3. The van der Waals surface area contributed by atoms with Crippen molar-refractivity contribution in [2.45, 2.75) is 6.42 Å². The van der Waals surface area contributed by atoms with E-state index < -0.39 is 5.97 Å². The summed E-state index contributed by atoms with van der Waals surface area (Å²) >= 11 is 0. The van der Waals surface area contributed by atoms with E-state index >= 15 is 0 Å². The standard InChI is InChI=1S/C13H9N3O4/c17-13(18)11-7-19-12(15-11)6-9-5-10(16-20-9)8-1-3-14-4-2-8/h1-5,7H,6H2,(H,17,18). The molecule has 0 bridgehead atoms. The fourth-order valence-corrected chi connectivity index (χ4v) is 1.69. The van der Waals surface area contributed by atoms with Gasteiger partial charge < -0.3 is 14.0 Å². The van der Waals surface area contributed by atoms with Gasteiger partial charge in [-0.15, -0.1) is 0 Å². The molecule has 0 aromatic carbocycles. The maximum atomic E-state index is 10.7. The van der Waals surface area contributed by atoms with Gasteiger partial charge in [0.1, 0.15) is 17.7 Å². The van der Waals surface area contributed by atoms with Crippen molar-refractivity contribution >= 4 is 5.97 Å². The normalized spacial score (nSPS) is 10.6. The van der Waals surface area contributed by atoms with Crippen LogP contribution in [0.2, 0.25) is 0 Å². The second-order valence-electron chi connectivity index (χ2n) is 4.02. The van der Waals surface area contributed by atoms with Crippen LogP contribution in [0.5, 0.6) is 0 Å². The van der Waals surface area contributed by atoms with Gasteiger partial charge >= 0.3 is 5.97 Å². The number of rotatable bonds is 4. The molecule has 0 fully saturated rings. The van der Waals surface area contributed by atoms with Gasteiger partial charge in [0, 0.05) is 24.0 Å². The quantitative estimate of drug-likeness (QED) is 0.774. The summed E-state index contributed by atoms with van der Waals surface area (Å²) in [5.74, 6) is -0.328. The van der Waals surface area contributed by atoms with Crippen LogP contribution in [0, 0.1) is 0 Å². The highest BCUT2D eigenvalue weighted by atomic mass is 16.5. The van der Waals surface area contributed by atoms with Crippen LogP contribution in [0.1, 0.15) is 22.1 Å². The lowest BCUT2D eigenvalue weighted by molar-refractivity contribution is 0.0690. The van der Waals surface area contributed by atoms with Gasteiger partial charge in [0.25, 0.3) is 0 Å². The van der Waals surface area contributed by atoms with Gasteiger partial charge in [0.15, 0.2) is 5.69 Å². The zero-order valence-electron chi connectivity index (χ0n) is 10.2. The number of pyridine rings is 1. The smallest absolute Gasteiger partial charge is 0.357 e. The molecule has 0 amide bonds. The van der Waals surface area contributed by atoms with Crippen molar-refractivity contribution in [3.05, 3.63) is 54.2 Å². The average Bonchev–Trinajstić information content (AvgIpc) is 3.10. The van der Waals surface area contributed by atoms with Crippen molar-refractivity contribution in [3.63, 3.8) is 0 Å². The Balaban J connectivity index is 1.78. The first kappa shape index (κ1) is 12.1. The molecular weight excluding hydrogens is 262 g/mol. The van der Waals surface area contributed by atoms with Crippen LogP contribution in [0.3, 0.4) is 0 Å². The predicted molar refractivity (Wildman–Crippen MR) is 66.0 cm³/mol. The summed E-state index contributed by atoms with van der Waals surface area (Å²) in [5, 5.41) is 12.7. The minimum Gasteiger partial charge on any atom is -0.476 e. The third-order valence-electron chi connectivity index (χ3n) is 2.63. The van der Waals surface area contributed by atoms with Crippen LogP contribution in [0.25, 0.3) is 11.3 Å². The molecule has 1 N–H and O–H groups in total. The SMILES string of the molecule is O=C(O)c1coc(Cc2cc(-c3ccncc3)no2)n1. The summed E-state index contributed by atoms with van der Waals surface area (Å²) in [5.41, 5.74) is 1.43. The Hall–Kier alpha value is -2.96. The van der Waals surface area contributed by atoms with Crippen molar-refractivity contribution in [2.24, 2.45) is 0 Å². The molecule has 0 radical (unpaired) electrons. The summed E-state index contributed by atoms with van der Waals surface area (Å²) in [4.78, 5) is 18.4. The Morgan fingerprint density at radius 1 is 1.30 bits per heavy atom. The van der Waals surface area contributed by atoms with E-state index in [0.717, 1.165) is 11.8 Å². The number of aromatic carboxylic acids is 1. The Kier molecular flexibility index (Phi) is 3.00. The molecule has 20 heavy (non-hydrogen) atoms. The highest BCUT2D eigenvalue weighted by Gasteiger charge is 2.13. The third kappa shape index (κ3) is 2.41. The lowest BCUT2D eigenvalue weighted by Crippen LogP contribution is -1.96. The molecule has 7 heteroatoms. The number of hydrogen-bond donors (Lipinski definition) is 1. The average molecular weight is 271 g/mol. The van der Waals surface area contributed by atoms with Gasteiger partial charge in [0.2, 0.25) is 5.89 Å². The molecule has 0 aliphatic heterocycles. The van der Waals surface area contributed by atoms with Gasteiger partial charge in [-0.2, -0.15) is 0 Å². The molecule has 0 unspecified atom stereocenters. The Labute approximate surface area is 112 Å². The highest BCUT2D eigenvalue weighted by Crippen LogP contribution is 2.19. The maximum Gasteiger partial charge on any atom is 0.357 e. The predicted octanol–water partition coefficient (Wildman–Crippen LogP) is 2.01. The fraction of sp³-hybridized carbons (Fsp3) is 0.0769. The zero-order chi connectivity index (χ0) is 13.9. The van der Waals surface area contributed by atoms with E-state index in [0.29, 0.717) is 11.5 Å². The minimum atomic E-state index is -1.13. The Morgan fingerprint density at radius 3 is 2.80 bits per heavy atom. The van der Waals surface area contributed by atoms with Crippen LogP contribution in [-0.2, 0) is 6.42 Å². The van der Waals surface area contributed by atoms with Crippen LogP contribution in [-0.4, -0.2) is 26.2 Å². The molecule has 100 valence electrons. The molecule has 0 saturated carbocycles. The molecule has 0 aliphatic carbocycles. The first-order valence-corrected chi connectivity index (χ1v) is 5.76. The molecule has 3 aromatic heterocycles. The van der Waals surface area contributed by atoms with E-state index in [-0.39, 0.29) is 18.0 Å². The van der Waals surface area contributed by atoms with Crippen molar-refractivity contribution in [1.29, 1.82) is 0 Å². The first-order valence-electron chi connectivity index (χ1n) is 5.76. The fourth-order valence-electron chi connectivity index (χ4n) is 1.69. The van der Waals surface area contributed by atoms with Crippen molar-refractivity contribution < 1.29 is 18.8 Å². The third-order valence-corrected chi connectivity index (χ3v) is 2.63. The van der Waals surface area contributed by atoms with Gasteiger partial charge in [-0.25, -0.2) is 9.78 Å². The van der Waals surface area contributed by atoms with Crippen LogP contribution >= 0.6 is 0 Å². The van der Waals surface area contributed by atoms with E-state index in [1.165, 1.54) is 0 Å². The van der Waals surface area contributed by atoms with Crippen LogP contribution in [0.4, 0.5) is 0 Å². The van der Waals surface area contributed by atoms with E-state index in [1.807, 2.05) is 12.1 Å². The maximum absolute atomic E-state index is 10.7. The molecule has 0 spiro atoms.